The Bertz CT molecular complexity index is 1130. The van der Waals surface area contributed by atoms with Crippen LogP contribution in [-0.4, -0.2) is 57.6 Å². The van der Waals surface area contributed by atoms with Crippen molar-refractivity contribution >= 4 is 11.8 Å². The summed E-state index contributed by atoms with van der Waals surface area (Å²) in [6, 6.07) is 16.0. The molecule has 0 N–H and O–H groups in total. The fourth-order valence-electron chi connectivity index (χ4n) is 4.36. The van der Waals surface area contributed by atoms with Crippen molar-refractivity contribution in [2.24, 2.45) is 13.0 Å². The maximum absolute atomic E-state index is 14.1. The van der Waals surface area contributed by atoms with Gasteiger partial charge in [-0.15, -0.1) is 0 Å². The van der Waals surface area contributed by atoms with Gasteiger partial charge < -0.3 is 9.80 Å². The van der Waals surface area contributed by atoms with Gasteiger partial charge in [0, 0.05) is 45.0 Å². The third kappa shape index (κ3) is 5.13. The minimum atomic E-state index is -0.342. The Morgan fingerprint density at radius 1 is 1.09 bits per heavy atom. The maximum atomic E-state index is 14.1. The smallest absolute Gasteiger partial charge is 0.274 e. The topological polar surface area (TPSA) is 58.4 Å². The van der Waals surface area contributed by atoms with Gasteiger partial charge in [0.1, 0.15) is 11.5 Å². The van der Waals surface area contributed by atoms with Gasteiger partial charge in [-0.3, -0.25) is 14.3 Å². The molecule has 4 rings (SSSR count). The molecule has 3 aromatic rings. The van der Waals surface area contributed by atoms with E-state index in [4.69, 9.17) is 0 Å². The number of amides is 2. The second-order valence-electron chi connectivity index (χ2n) is 8.53. The van der Waals surface area contributed by atoms with E-state index in [0.717, 1.165) is 17.5 Å². The van der Waals surface area contributed by atoms with Crippen molar-refractivity contribution in [1.82, 2.24) is 19.6 Å². The minimum absolute atomic E-state index is 0.0753. The zero-order valence-corrected chi connectivity index (χ0v) is 19.1. The van der Waals surface area contributed by atoms with E-state index in [0.29, 0.717) is 43.9 Å². The number of hydrogen-bond donors (Lipinski definition) is 0. The number of nitrogens with zero attached hydrogens (tertiary/aromatic N) is 4. The molecule has 1 saturated heterocycles. The van der Waals surface area contributed by atoms with Crippen molar-refractivity contribution in [2.45, 2.75) is 19.8 Å². The van der Waals surface area contributed by atoms with Crippen LogP contribution in [0.4, 0.5) is 4.39 Å². The second-order valence-corrected chi connectivity index (χ2v) is 8.53. The minimum Gasteiger partial charge on any atom is -0.341 e. The molecule has 2 amide bonds. The molecule has 33 heavy (non-hydrogen) atoms. The molecular formula is C26H29FN4O2. The average molecular weight is 449 g/mol. The van der Waals surface area contributed by atoms with Gasteiger partial charge in [-0.25, -0.2) is 4.39 Å². The fourth-order valence-corrected chi connectivity index (χ4v) is 4.36. The van der Waals surface area contributed by atoms with Gasteiger partial charge in [0.05, 0.1) is 5.92 Å². The molecule has 2 aromatic carbocycles. The molecule has 0 saturated carbocycles. The first kappa shape index (κ1) is 22.7. The Labute approximate surface area is 193 Å². The van der Waals surface area contributed by atoms with Gasteiger partial charge in [0.15, 0.2) is 0 Å². The van der Waals surface area contributed by atoms with Crippen LogP contribution in [0.15, 0.2) is 60.8 Å². The molecule has 1 aliphatic heterocycles. The van der Waals surface area contributed by atoms with E-state index < -0.39 is 0 Å². The van der Waals surface area contributed by atoms with Gasteiger partial charge in [0.2, 0.25) is 5.91 Å². The normalized spacial score (nSPS) is 16.7. The highest BCUT2D eigenvalue weighted by atomic mass is 19.1. The molecule has 2 heterocycles. The number of halogens is 1. The summed E-state index contributed by atoms with van der Waals surface area (Å²) in [6.45, 7) is 4.08. The summed E-state index contributed by atoms with van der Waals surface area (Å²) in [5.74, 6) is -0.679. The molecule has 0 unspecified atom stereocenters. The van der Waals surface area contributed by atoms with E-state index >= 15 is 0 Å². The summed E-state index contributed by atoms with van der Waals surface area (Å²) < 4.78 is 15.7. The van der Waals surface area contributed by atoms with Crippen molar-refractivity contribution in [3.05, 3.63) is 77.9 Å². The third-order valence-corrected chi connectivity index (χ3v) is 6.08. The Hall–Kier alpha value is -3.48. The summed E-state index contributed by atoms with van der Waals surface area (Å²) in [5.41, 5.74) is 2.72. The molecule has 0 aliphatic carbocycles. The lowest BCUT2D eigenvalue weighted by Crippen LogP contribution is -2.38. The molecule has 7 heteroatoms. The van der Waals surface area contributed by atoms with E-state index in [1.54, 1.807) is 41.0 Å². The quantitative estimate of drug-likeness (QED) is 0.577. The van der Waals surface area contributed by atoms with Crippen molar-refractivity contribution < 1.29 is 14.0 Å². The van der Waals surface area contributed by atoms with Crippen LogP contribution in [0, 0.1) is 11.7 Å². The van der Waals surface area contributed by atoms with Gasteiger partial charge in [-0.2, -0.15) is 5.10 Å². The third-order valence-electron chi connectivity index (χ3n) is 6.08. The molecular weight excluding hydrogens is 419 g/mol. The van der Waals surface area contributed by atoms with Crippen LogP contribution in [0.2, 0.25) is 0 Å². The first-order valence-electron chi connectivity index (χ1n) is 11.4. The van der Waals surface area contributed by atoms with E-state index in [2.05, 4.69) is 5.10 Å². The second kappa shape index (κ2) is 9.98. The summed E-state index contributed by atoms with van der Waals surface area (Å²) in [7, 11) is 1.78. The fraction of sp³-hybridized carbons (Fsp3) is 0.346. The van der Waals surface area contributed by atoms with Crippen LogP contribution < -0.4 is 0 Å². The van der Waals surface area contributed by atoms with Crippen molar-refractivity contribution in [1.29, 1.82) is 0 Å². The summed E-state index contributed by atoms with van der Waals surface area (Å²) in [5, 5.41) is 4.24. The van der Waals surface area contributed by atoms with E-state index in [1.165, 1.54) is 6.07 Å². The number of aryl methyl sites for hydroxylation is 1. The zero-order valence-electron chi connectivity index (χ0n) is 19.1. The molecule has 172 valence electrons. The molecule has 1 aromatic heterocycles. The van der Waals surface area contributed by atoms with Crippen molar-refractivity contribution in [3.63, 3.8) is 0 Å². The zero-order chi connectivity index (χ0) is 23.4. The molecule has 1 fully saturated rings. The standard InChI is InChI=1S/C26H29FN4O2/c1-3-13-30-15-16-31(26(33)24-12-14-29(2)28-24)18-21(25(30)32)17-19-8-10-20(11-9-19)22-6-4-5-7-23(22)27/h4-12,14,21H,3,13,15-18H2,1-2H3/t21-/m0/s1. The van der Waals surface area contributed by atoms with Crippen LogP contribution in [-0.2, 0) is 18.3 Å². The number of rotatable bonds is 6. The molecule has 1 aliphatic rings. The lowest BCUT2D eigenvalue weighted by molar-refractivity contribution is -0.134. The average Bonchev–Trinajstić information content (AvgIpc) is 3.20. The van der Waals surface area contributed by atoms with Gasteiger partial charge in [-0.05, 0) is 36.1 Å². The molecule has 0 bridgehead atoms. The molecule has 6 nitrogen and oxygen atoms in total. The number of aromatic nitrogens is 2. The molecule has 1 atom stereocenters. The summed E-state index contributed by atoms with van der Waals surface area (Å²) in [4.78, 5) is 30.0. The SMILES string of the molecule is CCCN1CCN(C(=O)c2ccn(C)n2)C[C@H](Cc2ccc(-c3ccccc3F)cc2)C1=O. The van der Waals surface area contributed by atoms with Gasteiger partial charge in [-0.1, -0.05) is 49.4 Å². The van der Waals surface area contributed by atoms with Crippen molar-refractivity contribution in [2.75, 3.05) is 26.2 Å². The number of hydrogen-bond acceptors (Lipinski definition) is 3. The Morgan fingerprint density at radius 3 is 2.52 bits per heavy atom. The maximum Gasteiger partial charge on any atom is 0.274 e. The summed E-state index contributed by atoms with van der Waals surface area (Å²) >= 11 is 0. The number of carbonyl (C=O) groups excluding carboxylic acids is 2. The Balaban J connectivity index is 1.54. The van der Waals surface area contributed by atoms with Crippen LogP contribution in [0.1, 0.15) is 29.4 Å². The van der Waals surface area contributed by atoms with E-state index in [-0.39, 0.29) is 23.5 Å². The van der Waals surface area contributed by atoms with E-state index in [9.17, 15) is 14.0 Å². The lowest BCUT2D eigenvalue weighted by Gasteiger charge is -2.23. The van der Waals surface area contributed by atoms with Crippen LogP contribution in [0.5, 0.6) is 0 Å². The number of benzene rings is 2. The van der Waals surface area contributed by atoms with Crippen LogP contribution in [0.25, 0.3) is 11.1 Å². The predicted molar refractivity (Wildman–Crippen MR) is 125 cm³/mol. The summed E-state index contributed by atoms with van der Waals surface area (Å²) in [6.07, 6.45) is 3.13. The first-order valence-corrected chi connectivity index (χ1v) is 11.4. The molecule has 0 radical (unpaired) electrons. The monoisotopic (exact) mass is 448 g/mol. The first-order chi connectivity index (χ1) is 16.0. The highest BCUT2D eigenvalue weighted by molar-refractivity contribution is 5.93. The Morgan fingerprint density at radius 2 is 1.85 bits per heavy atom. The molecule has 0 spiro atoms. The van der Waals surface area contributed by atoms with Gasteiger partial charge in [0.25, 0.3) is 5.91 Å². The van der Waals surface area contributed by atoms with Crippen LogP contribution >= 0.6 is 0 Å². The highest BCUT2D eigenvalue weighted by Crippen LogP contribution is 2.25. The highest BCUT2D eigenvalue weighted by Gasteiger charge is 2.33. The number of carbonyl (C=O) groups is 2. The lowest BCUT2D eigenvalue weighted by atomic mass is 9.95. The Kier molecular flexibility index (Phi) is 6.87. The van der Waals surface area contributed by atoms with E-state index in [1.807, 2.05) is 42.2 Å². The van der Waals surface area contributed by atoms with Crippen molar-refractivity contribution in [3.8, 4) is 11.1 Å². The predicted octanol–water partition coefficient (Wildman–Crippen LogP) is 3.78. The van der Waals surface area contributed by atoms with Gasteiger partial charge >= 0.3 is 0 Å². The largest absolute Gasteiger partial charge is 0.341 e. The van der Waals surface area contributed by atoms with Crippen LogP contribution in [0.3, 0.4) is 0 Å².